The lowest BCUT2D eigenvalue weighted by molar-refractivity contribution is -0.133. The predicted octanol–water partition coefficient (Wildman–Crippen LogP) is 5.32. The minimum atomic E-state index is 0.00667. The summed E-state index contributed by atoms with van der Waals surface area (Å²) >= 11 is 7.77. The van der Waals surface area contributed by atoms with Crippen molar-refractivity contribution in [3.8, 4) is 5.75 Å². The highest BCUT2D eigenvalue weighted by Gasteiger charge is 2.29. The van der Waals surface area contributed by atoms with Crippen molar-refractivity contribution in [2.75, 3.05) is 37.7 Å². The Hall–Kier alpha value is -2.38. The van der Waals surface area contributed by atoms with Crippen molar-refractivity contribution in [2.24, 2.45) is 5.92 Å². The summed E-state index contributed by atoms with van der Waals surface area (Å²) in [6.07, 6.45) is 3.47. The molecule has 2 aliphatic rings. The Labute approximate surface area is 209 Å². The zero-order valence-corrected chi connectivity index (χ0v) is 21.6. The Bertz CT molecular complexity index is 1190. The second kappa shape index (κ2) is 9.70. The summed E-state index contributed by atoms with van der Waals surface area (Å²) in [5, 5.41) is 1.90. The number of hydrogen-bond donors (Lipinski definition) is 0. The highest BCUT2D eigenvalue weighted by atomic mass is 35.5. The molecule has 3 aromatic rings. The molecule has 0 bridgehead atoms. The average molecular weight is 499 g/mol. The van der Waals surface area contributed by atoms with E-state index in [4.69, 9.17) is 26.3 Å². The standard InChI is InChI=1S/C26H31ClN4O2S/c1-16(2)24-28-25(23-20-9-4-17(3)14-21(20)34-26(23)29-24)31-12-10-30(11-13-31)22(32)15-33-19-7-5-18(27)6-8-19/h5-8,16-17H,4,9-15H2,1-3H3/t17-/m0/s1. The van der Waals surface area contributed by atoms with E-state index in [0.717, 1.165) is 48.3 Å². The highest BCUT2D eigenvalue weighted by molar-refractivity contribution is 7.19. The van der Waals surface area contributed by atoms with Crippen LogP contribution in [0.1, 0.15) is 49.4 Å². The van der Waals surface area contributed by atoms with Gasteiger partial charge in [-0.3, -0.25) is 4.79 Å². The van der Waals surface area contributed by atoms with E-state index >= 15 is 0 Å². The molecular formula is C26H31ClN4O2S. The third-order valence-corrected chi connectivity index (χ3v) is 8.18. The van der Waals surface area contributed by atoms with E-state index in [9.17, 15) is 4.79 Å². The zero-order valence-electron chi connectivity index (χ0n) is 20.0. The molecule has 1 amide bonds. The topological polar surface area (TPSA) is 58.6 Å². The lowest BCUT2D eigenvalue weighted by Crippen LogP contribution is -2.50. The maximum Gasteiger partial charge on any atom is 0.260 e. The quantitative estimate of drug-likeness (QED) is 0.476. The van der Waals surface area contributed by atoms with Crippen molar-refractivity contribution in [1.29, 1.82) is 0 Å². The average Bonchev–Trinajstić information content (AvgIpc) is 3.20. The van der Waals surface area contributed by atoms with Crippen molar-refractivity contribution in [3.05, 3.63) is 45.6 Å². The number of carbonyl (C=O) groups excluding carboxylic acids is 1. The predicted molar refractivity (Wildman–Crippen MR) is 138 cm³/mol. The van der Waals surface area contributed by atoms with Gasteiger partial charge in [0.15, 0.2) is 6.61 Å². The molecule has 2 aromatic heterocycles. The van der Waals surface area contributed by atoms with Gasteiger partial charge in [0.05, 0.1) is 5.39 Å². The minimum Gasteiger partial charge on any atom is -0.484 e. The van der Waals surface area contributed by atoms with Gasteiger partial charge in [-0.05, 0) is 55.0 Å². The van der Waals surface area contributed by atoms with Gasteiger partial charge in [0.25, 0.3) is 5.91 Å². The molecule has 5 rings (SSSR count). The number of nitrogens with zero attached hydrogens (tertiary/aromatic N) is 4. The van der Waals surface area contributed by atoms with Crippen molar-refractivity contribution in [1.82, 2.24) is 14.9 Å². The lowest BCUT2D eigenvalue weighted by atomic mass is 9.89. The highest BCUT2D eigenvalue weighted by Crippen LogP contribution is 2.41. The molecule has 0 unspecified atom stereocenters. The third-order valence-electron chi connectivity index (χ3n) is 6.78. The Morgan fingerprint density at radius 2 is 1.91 bits per heavy atom. The van der Waals surface area contributed by atoms with Crippen molar-refractivity contribution >= 4 is 44.9 Å². The number of fused-ring (bicyclic) bond motifs is 3. The number of rotatable bonds is 5. The van der Waals surface area contributed by atoms with Gasteiger partial charge in [-0.2, -0.15) is 0 Å². The number of aryl methyl sites for hydroxylation is 1. The molecule has 34 heavy (non-hydrogen) atoms. The molecule has 1 atom stereocenters. The normalized spacial score (nSPS) is 18.4. The maximum absolute atomic E-state index is 12.8. The monoisotopic (exact) mass is 498 g/mol. The molecule has 1 aromatic carbocycles. The summed E-state index contributed by atoms with van der Waals surface area (Å²) in [6, 6.07) is 7.08. The molecule has 0 spiro atoms. The lowest BCUT2D eigenvalue weighted by Gasteiger charge is -2.36. The van der Waals surface area contributed by atoms with E-state index in [2.05, 4.69) is 25.7 Å². The second-order valence-electron chi connectivity index (χ2n) is 9.70. The van der Waals surface area contributed by atoms with E-state index in [1.165, 1.54) is 22.2 Å². The second-order valence-corrected chi connectivity index (χ2v) is 11.2. The molecular weight excluding hydrogens is 468 g/mol. The fraction of sp³-hybridized carbons (Fsp3) is 0.500. The van der Waals surface area contributed by atoms with Crippen molar-refractivity contribution < 1.29 is 9.53 Å². The maximum atomic E-state index is 12.8. The van der Waals surface area contributed by atoms with E-state index in [0.29, 0.717) is 23.9 Å². The molecule has 180 valence electrons. The van der Waals surface area contributed by atoms with Crippen LogP contribution >= 0.6 is 22.9 Å². The number of halogens is 1. The van der Waals surface area contributed by atoms with Gasteiger partial charge < -0.3 is 14.5 Å². The number of hydrogen-bond acceptors (Lipinski definition) is 6. The molecule has 1 aliphatic heterocycles. The smallest absolute Gasteiger partial charge is 0.260 e. The van der Waals surface area contributed by atoms with Crippen LogP contribution in [-0.4, -0.2) is 53.6 Å². The molecule has 6 nitrogen and oxygen atoms in total. The van der Waals surface area contributed by atoms with Gasteiger partial charge >= 0.3 is 0 Å². The molecule has 1 fully saturated rings. The van der Waals surface area contributed by atoms with Gasteiger partial charge in [-0.1, -0.05) is 32.4 Å². The number of amides is 1. The van der Waals surface area contributed by atoms with Crippen LogP contribution in [-0.2, 0) is 17.6 Å². The van der Waals surface area contributed by atoms with E-state index in [1.807, 2.05) is 16.2 Å². The van der Waals surface area contributed by atoms with Crippen LogP contribution in [0.2, 0.25) is 5.02 Å². The first-order valence-electron chi connectivity index (χ1n) is 12.1. The Kier molecular flexibility index (Phi) is 6.67. The van der Waals surface area contributed by atoms with Gasteiger partial charge in [0, 0.05) is 42.0 Å². The van der Waals surface area contributed by atoms with Gasteiger partial charge in [-0.15, -0.1) is 11.3 Å². The third kappa shape index (κ3) is 4.73. The summed E-state index contributed by atoms with van der Waals surface area (Å²) in [6.45, 7) is 9.52. The Morgan fingerprint density at radius 3 is 2.62 bits per heavy atom. The first-order valence-corrected chi connectivity index (χ1v) is 13.3. The first kappa shape index (κ1) is 23.4. The van der Waals surface area contributed by atoms with Crippen LogP contribution in [0.3, 0.4) is 0 Å². The number of ether oxygens (including phenoxy) is 1. The SMILES string of the molecule is CC(C)c1nc(N2CCN(C(=O)COc3ccc(Cl)cc3)CC2)c2c3c(sc2n1)C[C@@H](C)CC3. The van der Waals surface area contributed by atoms with Crippen LogP contribution < -0.4 is 9.64 Å². The first-order chi connectivity index (χ1) is 16.4. The zero-order chi connectivity index (χ0) is 23.8. The number of aromatic nitrogens is 2. The summed E-state index contributed by atoms with van der Waals surface area (Å²) in [4.78, 5) is 29.6. The molecule has 0 radical (unpaired) electrons. The van der Waals surface area contributed by atoms with E-state index in [1.54, 1.807) is 24.3 Å². The molecule has 3 heterocycles. The van der Waals surface area contributed by atoms with E-state index < -0.39 is 0 Å². The molecule has 1 saturated heterocycles. The molecule has 8 heteroatoms. The van der Waals surface area contributed by atoms with Gasteiger partial charge in [0.2, 0.25) is 0 Å². The Morgan fingerprint density at radius 1 is 1.18 bits per heavy atom. The number of benzene rings is 1. The van der Waals surface area contributed by atoms with Crippen LogP contribution in [0.25, 0.3) is 10.2 Å². The van der Waals surface area contributed by atoms with Crippen LogP contribution in [0.4, 0.5) is 5.82 Å². The summed E-state index contributed by atoms with van der Waals surface area (Å²) in [5.74, 6) is 3.62. The fourth-order valence-corrected chi connectivity index (χ4v) is 6.27. The summed E-state index contributed by atoms with van der Waals surface area (Å²) < 4.78 is 5.66. The van der Waals surface area contributed by atoms with Crippen LogP contribution in [0, 0.1) is 5.92 Å². The van der Waals surface area contributed by atoms with Crippen molar-refractivity contribution in [3.63, 3.8) is 0 Å². The Balaban J connectivity index is 1.32. The number of thiophene rings is 1. The number of piperazine rings is 1. The fourth-order valence-electron chi connectivity index (χ4n) is 4.76. The summed E-state index contributed by atoms with van der Waals surface area (Å²) in [5.41, 5.74) is 1.46. The van der Waals surface area contributed by atoms with Crippen LogP contribution in [0.5, 0.6) is 5.75 Å². The summed E-state index contributed by atoms with van der Waals surface area (Å²) in [7, 11) is 0. The van der Waals surface area contributed by atoms with Gasteiger partial charge in [0.1, 0.15) is 22.2 Å². The molecule has 0 N–H and O–H groups in total. The van der Waals surface area contributed by atoms with E-state index in [-0.39, 0.29) is 18.4 Å². The van der Waals surface area contributed by atoms with Crippen LogP contribution in [0.15, 0.2) is 24.3 Å². The largest absolute Gasteiger partial charge is 0.484 e. The van der Waals surface area contributed by atoms with Crippen molar-refractivity contribution in [2.45, 2.75) is 46.0 Å². The molecule has 1 aliphatic carbocycles. The number of anilines is 1. The number of carbonyl (C=O) groups is 1. The molecule has 0 saturated carbocycles. The van der Waals surface area contributed by atoms with Gasteiger partial charge in [-0.25, -0.2) is 9.97 Å². The minimum absolute atomic E-state index is 0.00667.